The van der Waals surface area contributed by atoms with Crippen LogP contribution in [0.4, 0.5) is 0 Å². The number of nitrogens with two attached hydrogens (primary N) is 1. The van der Waals surface area contributed by atoms with Crippen molar-refractivity contribution in [2.24, 2.45) is 11.7 Å². The van der Waals surface area contributed by atoms with Crippen LogP contribution in [-0.4, -0.2) is 31.6 Å². The molecule has 1 atom stereocenters. The number of hydrogen-bond donors (Lipinski definition) is 1. The lowest BCUT2D eigenvalue weighted by atomic mass is 10.0. The first-order valence-corrected chi connectivity index (χ1v) is 7.27. The van der Waals surface area contributed by atoms with Crippen LogP contribution in [0.2, 0.25) is 0 Å². The van der Waals surface area contributed by atoms with E-state index in [1.807, 2.05) is 0 Å². The Morgan fingerprint density at radius 3 is 2.84 bits per heavy atom. The Bertz CT molecular complexity index is 417. The van der Waals surface area contributed by atoms with E-state index < -0.39 is 0 Å². The topological polar surface area (TPSA) is 38.5 Å². The Morgan fingerprint density at radius 1 is 1.37 bits per heavy atom. The molecule has 1 aliphatic heterocycles. The molecule has 0 amide bonds. The van der Waals surface area contributed by atoms with E-state index in [4.69, 9.17) is 10.5 Å². The monoisotopic (exact) mass is 262 g/mol. The molecule has 3 heteroatoms. The van der Waals surface area contributed by atoms with E-state index >= 15 is 0 Å². The van der Waals surface area contributed by atoms with Gasteiger partial charge in [0.1, 0.15) is 5.75 Å². The Morgan fingerprint density at radius 2 is 2.16 bits per heavy atom. The van der Waals surface area contributed by atoms with Gasteiger partial charge in [-0.3, -0.25) is 4.90 Å². The maximum atomic E-state index is 5.98. The smallest absolute Gasteiger partial charge is 0.122 e. The molecule has 3 nitrogen and oxygen atoms in total. The van der Waals surface area contributed by atoms with E-state index in [0.29, 0.717) is 12.6 Å². The van der Waals surface area contributed by atoms with Gasteiger partial charge < -0.3 is 10.5 Å². The summed E-state index contributed by atoms with van der Waals surface area (Å²) in [4.78, 5) is 2.37. The van der Waals surface area contributed by atoms with E-state index in [1.54, 1.807) is 0 Å². The quantitative estimate of drug-likeness (QED) is 0.856. The minimum atomic E-state index is 0.310. The van der Waals surface area contributed by atoms with Crippen molar-refractivity contribution in [1.29, 1.82) is 0 Å². The molecule has 106 valence electrons. The van der Waals surface area contributed by atoms with Gasteiger partial charge in [0.05, 0.1) is 6.61 Å². The van der Waals surface area contributed by atoms with Gasteiger partial charge in [-0.1, -0.05) is 26.0 Å². The lowest BCUT2D eigenvalue weighted by Crippen LogP contribution is -2.31. The van der Waals surface area contributed by atoms with Crippen LogP contribution in [0, 0.1) is 5.92 Å². The highest BCUT2D eigenvalue weighted by molar-refractivity contribution is 5.40. The zero-order valence-corrected chi connectivity index (χ0v) is 12.4. The number of nitrogens with zero attached hydrogens (tertiary/aromatic N) is 1. The summed E-state index contributed by atoms with van der Waals surface area (Å²) in [7, 11) is 2.17. The highest BCUT2D eigenvalue weighted by Gasteiger charge is 2.19. The van der Waals surface area contributed by atoms with Crippen molar-refractivity contribution in [2.45, 2.75) is 32.7 Å². The molecule has 0 radical (unpaired) electrons. The fraction of sp³-hybridized carbons (Fsp3) is 0.625. The van der Waals surface area contributed by atoms with Crippen molar-refractivity contribution in [3.8, 4) is 5.75 Å². The summed E-state index contributed by atoms with van der Waals surface area (Å²) in [6.07, 6.45) is 2.23. The third-order valence-corrected chi connectivity index (χ3v) is 3.91. The summed E-state index contributed by atoms with van der Waals surface area (Å²) in [5.74, 6) is 1.78. The van der Waals surface area contributed by atoms with Crippen LogP contribution in [0.1, 0.15) is 37.4 Å². The number of fused-ring (bicyclic) bond motifs is 1. The van der Waals surface area contributed by atoms with E-state index in [9.17, 15) is 0 Å². The van der Waals surface area contributed by atoms with Crippen LogP contribution in [0.3, 0.4) is 0 Å². The summed E-state index contributed by atoms with van der Waals surface area (Å²) in [6, 6.07) is 6.83. The molecule has 0 saturated carbocycles. The molecule has 2 N–H and O–H groups in total. The predicted octanol–water partition coefficient (Wildman–Crippen LogP) is 2.60. The fourth-order valence-corrected chi connectivity index (χ4v) is 2.60. The van der Waals surface area contributed by atoms with Crippen molar-refractivity contribution >= 4 is 0 Å². The average Bonchev–Trinajstić information content (AvgIpc) is 2.84. The van der Waals surface area contributed by atoms with Gasteiger partial charge in [-0.25, -0.2) is 0 Å². The van der Waals surface area contributed by atoms with Gasteiger partial charge in [-0.2, -0.15) is 0 Å². The van der Waals surface area contributed by atoms with Gasteiger partial charge in [0.15, 0.2) is 0 Å². The molecule has 1 unspecified atom stereocenters. The van der Waals surface area contributed by atoms with Crippen molar-refractivity contribution in [2.75, 3.05) is 26.7 Å². The van der Waals surface area contributed by atoms with Crippen molar-refractivity contribution in [3.63, 3.8) is 0 Å². The van der Waals surface area contributed by atoms with Crippen LogP contribution in [0.5, 0.6) is 5.75 Å². The number of benzene rings is 1. The molecule has 19 heavy (non-hydrogen) atoms. The molecular weight excluding hydrogens is 236 g/mol. The van der Waals surface area contributed by atoms with E-state index in [2.05, 4.69) is 44.0 Å². The SMILES string of the molecule is CC(C)CCN(C)C(CN)c1ccc2c(c1)CCO2. The highest BCUT2D eigenvalue weighted by Crippen LogP contribution is 2.29. The predicted molar refractivity (Wildman–Crippen MR) is 79.5 cm³/mol. The molecule has 1 aromatic carbocycles. The summed E-state index contributed by atoms with van der Waals surface area (Å²) >= 11 is 0. The molecule has 1 heterocycles. The van der Waals surface area contributed by atoms with Crippen molar-refractivity contribution in [3.05, 3.63) is 29.3 Å². The van der Waals surface area contributed by atoms with Gasteiger partial charge in [0.2, 0.25) is 0 Å². The van der Waals surface area contributed by atoms with Gasteiger partial charge in [-0.15, -0.1) is 0 Å². The number of hydrogen-bond acceptors (Lipinski definition) is 3. The summed E-state index contributed by atoms with van der Waals surface area (Å²) in [6.45, 7) is 7.09. The zero-order valence-electron chi connectivity index (χ0n) is 12.4. The van der Waals surface area contributed by atoms with E-state index in [0.717, 1.165) is 31.2 Å². The minimum absolute atomic E-state index is 0.310. The summed E-state index contributed by atoms with van der Waals surface area (Å²) in [5.41, 5.74) is 8.63. The molecule has 0 saturated heterocycles. The third kappa shape index (κ3) is 3.48. The van der Waals surface area contributed by atoms with Crippen LogP contribution in [0.15, 0.2) is 18.2 Å². The van der Waals surface area contributed by atoms with E-state index in [1.165, 1.54) is 17.5 Å². The Labute approximate surface area is 116 Å². The molecule has 0 aliphatic carbocycles. The Hall–Kier alpha value is -1.06. The summed E-state index contributed by atoms with van der Waals surface area (Å²) < 4.78 is 5.56. The van der Waals surface area contributed by atoms with E-state index in [-0.39, 0.29) is 0 Å². The molecule has 2 rings (SSSR count). The number of rotatable bonds is 6. The third-order valence-electron chi connectivity index (χ3n) is 3.91. The number of likely N-dealkylation sites (N-methyl/N-ethyl adjacent to an activating group) is 1. The highest BCUT2D eigenvalue weighted by atomic mass is 16.5. The van der Waals surface area contributed by atoms with Crippen molar-refractivity contribution in [1.82, 2.24) is 4.90 Å². The van der Waals surface area contributed by atoms with Gasteiger partial charge in [0.25, 0.3) is 0 Å². The van der Waals surface area contributed by atoms with Gasteiger partial charge >= 0.3 is 0 Å². The molecule has 0 fully saturated rings. The molecule has 1 aromatic rings. The average molecular weight is 262 g/mol. The normalized spacial score (nSPS) is 15.7. The Balaban J connectivity index is 2.08. The van der Waals surface area contributed by atoms with Gasteiger partial charge in [-0.05, 0) is 43.1 Å². The molecule has 1 aliphatic rings. The molecular formula is C16H26N2O. The lowest BCUT2D eigenvalue weighted by Gasteiger charge is -2.28. The van der Waals surface area contributed by atoms with Gasteiger partial charge in [0, 0.05) is 19.0 Å². The second kappa shape index (κ2) is 6.40. The van der Waals surface area contributed by atoms with Crippen molar-refractivity contribution < 1.29 is 4.74 Å². The summed E-state index contributed by atoms with van der Waals surface area (Å²) in [5, 5.41) is 0. The maximum absolute atomic E-state index is 5.98. The lowest BCUT2D eigenvalue weighted by molar-refractivity contribution is 0.236. The molecule has 0 bridgehead atoms. The second-order valence-electron chi connectivity index (χ2n) is 5.88. The zero-order chi connectivity index (χ0) is 13.8. The van der Waals surface area contributed by atoms with Crippen LogP contribution < -0.4 is 10.5 Å². The maximum Gasteiger partial charge on any atom is 0.122 e. The first kappa shape index (κ1) is 14.4. The van der Waals surface area contributed by atoms with Crippen LogP contribution >= 0.6 is 0 Å². The minimum Gasteiger partial charge on any atom is -0.493 e. The first-order valence-electron chi connectivity index (χ1n) is 7.27. The fourth-order valence-electron chi connectivity index (χ4n) is 2.60. The Kier molecular flexibility index (Phi) is 4.83. The first-order chi connectivity index (χ1) is 9.11. The van der Waals surface area contributed by atoms with Crippen LogP contribution in [0.25, 0.3) is 0 Å². The molecule has 0 aromatic heterocycles. The molecule has 0 spiro atoms. The number of ether oxygens (including phenoxy) is 1. The largest absolute Gasteiger partial charge is 0.493 e. The standard InChI is InChI=1S/C16H26N2O/c1-12(2)6-8-18(3)15(11-17)13-4-5-16-14(10-13)7-9-19-16/h4-5,10,12,15H,6-9,11,17H2,1-3H3. The van der Waals surface area contributed by atoms with Crippen LogP contribution in [-0.2, 0) is 6.42 Å². The second-order valence-corrected chi connectivity index (χ2v) is 5.88.